The lowest BCUT2D eigenvalue weighted by molar-refractivity contribution is 0.0664. The molecule has 6 heteroatoms. The van der Waals surface area contributed by atoms with Gasteiger partial charge < -0.3 is 15.5 Å². The van der Waals surface area contributed by atoms with Crippen LogP contribution in [0.4, 0.5) is 5.69 Å². The average molecular weight is 290 g/mol. The quantitative estimate of drug-likeness (QED) is 0.801. The van der Waals surface area contributed by atoms with Crippen molar-refractivity contribution in [3.63, 3.8) is 0 Å². The molecule has 4 nitrogen and oxygen atoms in total. The predicted molar refractivity (Wildman–Crippen MR) is 76.5 cm³/mol. The van der Waals surface area contributed by atoms with Gasteiger partial charge in [-0.2, -0.15) is 0 Å². The summed E-state index contributed by atoms with van der Waals surface area (Å²) in [6, 6.07) is 5.01. The fraction of sp³-hybridized carbons (Fsp3) is 0.417. The Balaban J connectivity index is 0.00000162. The average Bonchev–Trinajstić information content (AvgIpc) is 2.29. The maximum absolute atomic E-state index is 12.2. The van der Waals surface area contributed by atoms with E-state index >= 15 is 0 Å². The van der Waals surface area contributed by atoms with E-state index in [1.807, 2.05) is 4.90 Å². The molecule has 1 aromatic rings. The Kier molecular flexibility index (Phi) is 5.26. The van der Waals surface area contributed by atoms with Gasteiger partial charge in [-0.3, -0.25) is 4.79 Å². The first kappa shape index (κ1) is 15.1. The second-order valence-corrected chi connectivity index (χ2v) is 4.74. The molecular formula is C12H17Cl2N3O. The van der Waals surface area contributed by atoms with Crippen LogP contribution in [-0.4, -0.2) is 48.9 Å². The maximum Gasteiger partial charge on any atom is 0.255 e. The number of nitrogens with zero attached hydrogens (tertiary/aromatic N) is 2. The number of hydrogen-bond donors (Lipinski definition) is 1. The molecule has 0 saturated carbocycles. The zero-order valence-corrected chi connectivity index (χ0v) is 11.8. The van der Waals surface area contributed by atoms with Crippen LogP contribution in [0.3, 0.4) is 0 Å². The first-order valence-corrected chi connectivity index (χ1v) is 5.98. The van der Waals surface area contributed by atoms with Crippen LogP contribution in [0.5, 0.6) is 0 Å². The van der Waals surface area contributed by atoms with Gasteiger partial charge in [-0.25, -0.2) is 0 Å². The van der Waals surface area contributed by atoms with Crippen molar-refractivity contribution in [3.05, 3.63) is 28.8 Å². The molecule has 0 spiro atoms. The van der Waals surface area contributed by atoms with Crippen molar-refractivity contribution in [3.8, 4) is 0 Å². The van der Waals surface area contributed by atoms with Crippen LogP contribution in [0.25, 0.3) is 0 Å². The SMILES string of the molecule is CN1CCN(C(=O)c2ccc(N)cc2Cl)CC1.Cl. The highest BCUT2D eigenvalue weighted by molar-refractivity contribution is 6.34. The minimum Gasteiger partial charge on any atom is -0.399 e. The summed E-state index contributed by atoms with van der Waals surface area (Å²) < 4.78 is 0. The molecule has 1 saturated heterocycles. The van der Waals surface area contributed by atoms with Crippen LogP contribution in [0.1, 0.15) is 10.4 Å². The number of carbonyl (C=O) groups excluding carboxylic acids is 1. The molecule has 1 aliphatic rings. The highest BCUT2D eigenvalue weighted by Gasteiger charge is 2.21. The number of carbonyl (C=O) groups is 1. The third-order valence-electron chi connectivity index (χ3n) is 3.01. The molecule has 1 aliphatic heterocycles. The van der Waals surface area contributed by atoms with Crippen molar-refractivity contribution in [1.82, 2.24) is 9.80 Å². The molecule has 1 fully saturated rings. The monoisotopic (exact) mass is 289 g/mol. The standard InChI is InChI=1S/C12H16ClN3O.ClH/c1-15-4-6-16(7-5-15)12(17)10-3-2-9(14)8-11(10)13;/h2-3,8H,4-7,14H2,1H3;1H. The van der Waals surface area contributed by atoms with Gasteiger partial charge in [0.25, 0.3) is 5.91 Å². The molecule has 0 aliphatic carbocycles. The third kappa shape index (κ3) is 3.28. The molecule has 18 heavy (non-hydrogen) atoms. The van der Waals surface area contributed by atoms with Crippen molar-refractivity contribution in [2.75, 3.05) is 39.0 Å². The first-order chi connectivity index (χ1) is 8.08. The van der Waals surface area contributed by atoms with E-state index in [1.54, 1.807) is 18.2 Å². The van der Waals surface area contributed by atoms with Crippen molar-refractivity contribution in [2.45, 2.75) is 0 Å². The summed E-state index contributed by atoms with van der Waals surface area (Å²) in [6.45, 7) is 3.29. The van der Waals surface area contributed by atoms with Gasteiger partial charge in [0.1, 0.15) is 0 Å². The van der Waals surface area contributed by atoms with Gasteiger partial charge in [0, 0.05) is 31.9 Å². The van der Waals surface area contributed by atoms with Gasteiger partial charge in [-0.15, -0.1) is 12.4 Å². The van der Waals surface area contributed by atoms with E-state index in [-0.39, 0.29) is 18.3 Å². The number of amides is 1. The van der Waals surface area contributed by atoms with E-state index in [4.69, 9.17) is 17.3 Å². The van der Waals surface area contributed by atoms with Gasteiger partial charge in [-0.05, 0) is 25.2 Å². The number of anilines is 1. The normalized spacial score (nSPS) is 16.2. The highest BCUT2D eigenvalue weighted by Crippen LogP contribution is 2.21. The lowest BCUT2D eigenvalue weighted by Crippen LogP contribution is -2.47. The number of nitrogens with two attached hydrogens (primary N) is 1. The minimum absolute atomic E-state index is 0. The lowest BCUT2D eigenvalue weighted by atomic mass is 10.1. The van der Waals surface area contributed by atoms with Crippen molar-refractivity contribution < 1.29 is 4.79 Å². The van der Waals surface area contributed by atoms with Crippen LogP contribution in [0.2, 0.25) is 5.02 Å². The molecule has 0 bridgehead atoms. The summed E-state index contributed by atoms with van der Waals surface area (Å²) in [5.74, 6) is -0.0110. The minimum atomic E-state index is -0.0110. The number of piperazine rings is 1. The molecule has 1 aromatic carbocycles. The van der Waals surface area contributed by atoms with Crippen molar-refractivity contribution in [1.29, 1.82) is 0 Å². The van der Waals surface area contributed by atoms with Crippen LogP contribution in [0.15, 0.2) is 18.2 Å². The number of halogens is 2. The van der Waals surface area contributed by atoms with E-state index < -0.39 is 0 Å². The molecule has 0 unspecified atom stereocenters. The molecular weight excluding hydrogens is 273 g/mol. The summed E-state index contributed by atoms with van der Waals surface area (Å²) in [7, 11) is 2.05. The molecule has 2 N–H and O–H groups in total. The highest BCUT2D eigenvalue weighted by atomic mass is 35.5. The van der Waals surface area contributed by atoms with Crippen molar-refractivity contribution in [2.24, 2.45) is 0 Å². The molecule has 1 amide bonds. The Morgan fingerprint density at radius 2 is 1.89 bits per heavy atom. The number of likely N-dealkylation sites (N-methyl/N-ethyl adjacent to an activating group) is 1. The number of rotatable bonds is 1. The molecule has 0 radical (unpaired) electrons. The Hall–Kier alpha value is -0.970. The summed E-state index contributed by atoms with van der Waals surface area (Å²) in [6.07, 6.45) is 0. The largest absolute Gasteiger partial charge is 0.399 e. The zero-order valence-electron chi connectivity index (χ0n) is 10.2. The Labute approximate surface area is 118 Å². The first-order valence-electron chi connectivity index (χ1n) is 5.61. The van der Waals surface area contributed by atoms with Gasteiger partial charge in [-0.1, -0.05) is 11.6 Å². The molecule has 2 rings (SSSR count). The van der Waals surface area contributed by atoms with Gasteiger partial charge in [0.2, 0.25) is 0 Å². The van der Waals surface area contributed by atoms with E-state index in [9.17, 15) is 4.79 Å². The summed E-state index contributed by atoms with van der Waals surface area (Å²) >= 11 is 6.03. The second kappa shape index (κ2) is 6.27. The second-order valence-electron chi connectivity index (χ2n) is 4.33. The van der Waals surface area contributed by atoms with Crippen molar-refractivity contribution >= 4 is 35.6 Å². The lowest BCUT2D eigenvalue weighted by Gasteiger charge is -2.32. The van der Waals surface area contributed by atoms with Crippen LogP contribution in [0, 0.1) is 0 Å². The van der Waals surface area contributed by atoms with Gasteiger partial charge >= 0.3 is 0 Å². The van der Waals surface area contributed by atoms with E-state index in [1.165, 1.54) is 0 Å². The predicted octanol–water partition coefficient (Wildman–Crippen LogP) is 1.73. The van der Waals surface area contributed by atoms with E-state index in [0.717, 1.165) is 26.2 Å². The van der Waals surface area contributed by atoms with Crippen LogP contribution in [-0.2, 0) is 0 Å². The molecule has 100 valence electrons. The van der Waals surface area contributed by atoms with E-state index in [2.05, 4.69) is 11.9 Å². The topological polar surface area (TPSA) is 49.6 Å². The summed E-state index contributed by atoms with van der Waals surface area (Å²) in [5, 5.41) is 0.425. The third-order valence-corrected chi connectivity index (χ3v) is 3.33. The fourth-order valence-corrected chi connectivity index (χ4v) is 2.15. The van der Waals surface area contributed by atoms with Crippen LogP contribution >= 0.6 is 24.0 Å². The Morgan fingerprint density at radius 3 is 2.44 bits per heavy atom. The molecule has 0 atom stereocenters. The zero-order chi connectivity index (χ0) is 12.4. The van der Waals surface area contributed by atoms with Gasteiger partial charge in [0.05, 0.1) is 10.6 Å². The number of benzene rings is 1. The Morgan fingerprint density at radius 1 is 1.28 bits per heavy atom. The van der Waals surface area contributed by atoms with Crippen LogP contribution < -0.4 is 5.73 Å². The van der Waals surface area contributed by atoms with Gasteiger partial charge in [0.15, 0.2) is 0 Å². The molecule has 1 heterocycles. The number of hydrogen-bond acceptors (Lipinski definition) is 3. The summed E-state index contributed by atoms with van der Waals surface area (Å²) in [4.78, 5) is 16.3. The Bertz CT molecular complexity index is 431. The van der Waals surface area contributed by atoms with E-state index in [0.29, 0.717) is 16.3 Å². The summed E-state index contributed by atoms with van der Waals surface area (Å²) in [5.41, 5.74) is 6.72. The smallest absolute Gasteiger partial charge is 0.255 e. The maximum atomic E-state index is 12.2. The number of nitrogen functional groups attached to an aromatic ring is 1. The molecule has 0 aromatic heterocycles. The fourth-order valence-electron chi connectivity index (χ4n) is 1.88.